The lowest BCUT2D eigenvalue weighted by molar-refractivity contribution is 0.872. The van der Waals surface area contributed by atoms with Crippen LogP contribution in [-0.2, 0) is 0 Å². The first-order chi connectivity index (χ1) is 5.99. The molecule has 76 valence electrons. The average molecular weight is 202 g/mol. The molecule has 0 unspecified atom stereocenters. The van der Waals surface area contributed by atoms with Crippen molar-refractivity contribution in [3.8, 4) is 0 Å². The zero-order valence-electron chi connectivity index (χ0n) is 9.02. The van der Waals surface area contributed by atoms with Crippen LogP contribution in [0.25, 0.3) is 0 Å². The lowest BCUT2D eigenvalue weighted by Crippen LogP contribution is -2.04. The minimum atomic E-state index is -0.222. The zero-order chi connectivity index (χ0) is 10.3. The third-order valence-electron chi connectivity index (χ3n) is 1.72. The molecule has 13 heavy (non-hydrogen) atoms. The van der Waals surface area contributed by atoms with Crippen molar-refractivity contribution in [2.75, 3.05) is 7.05 Å². The fourth-order valence-electron chi connectivity index (χ4n) is 0.982. The van der Waals surface area contributed by atoms with E-state index in [-0.39, 0.29) is 4.87 Å². The van der Waals surface area contributed by atoms with Crippen molar-refractivity contribution in [3.63, 3.8) is 0 Å². The Kier molecular flexibility index (Phi) is 5.89. The summed E-state index contributed by atoms with van der Waals surface area (Å²) in [6, 6.07) is 0. The molecule has 0 aromatic rings. The molecule has 0 aliphatic carbocycles. The minimum Gasteiger partial charge on any atom is -0.392 e. The summed E-state index contributed by atoms with van der Waals surface area (Å²) in [7, 11) is 1.95. The number of allylic oxidation sites excluding steroid dienone is 4. The molecule has 0 saturated heterocycles. The molecule has 0 spiro atoms. The van der Waals surface area contributed by atoms with Gasteiger partial charge in [-0.1, -0.05) is 25.2 Å². The van der Waals surface area contributed by atoms with Crippen LogP contribution in [0.3, 0.4) is 0 Å². The van der Waals surface area contributed by atoms with Crippen LogP contribution in [0, 0.1) is 0 Å². The van der Waals surface area contributed by atoms with Gasteiger partial charge in [0.05, 0.1) is 4.87 Å². The highest BCUT2D eigenvalue weighted by Crippen LogP contribution is 2.14. The highest BCUT2D eigenvalue weighted by Gasteiger charge is 2.05. The van der Waals surface area contributed by atoms with Crippen molar-refractivity contribution in [2.45, 2.75) is 38.5 Å². The van der Waals surface area contributed by atoms with Crippen molar-refractivity contribution < 1.29 is 0 Å². The fourth-order valence-corrected chi connectivity index (χ4v) is 1.07. The molecule has 1 nitrogen and oxygen atoms in total. The van der Waals surface area contributed by atoms with E-state index in [2.05, 4.69) is 24.4 Å². The van der Waals surface area contributed by atoms with Gasteiger partial charge in [0, 0.05) is 12.7 Å². The Labute approximate surface area is 86.9 Å². The highest BCUT2D eigenvalue weighted by molar-refractivity contribution is 6.24. The monoisotopic (exact) mass is 201 g/mol. The molecule has 0 radical (unpaired) electrons. The predicted octanol–water partition coefficient (Wildman–Crippen LogP) is 3.46. The topological polar surface area (TPSA) is 12.0 Å². The number of hydrogen-bond donors (Lipinski definition) is 1. The minimum absolute atomic E-state index is 0.222. The molecular formula is C11H20ClN. The number of rotatable bonds is 5. The van der Waals surface area contributed by atoms with Crippen LogP contribution in [0.5, 0.6) is 0 Å². The van der Waals surface area contributed by atoms with Crippen LogP contribution in [-0.4, -0.2) is 11.9 Å². The molecule has 0 aromatic carbocycles. The Morgan fingerprint density at radius 2 is 2.08 bits per heavy atom. The molecule has 0 bridgehead atoms. The van der Waals surface area contributed by atoms with Gasteiger partial charge in [0.25, 0.3) is 0 Å². The summed E-state index contributed by atoms with van der Waals surface area (Å²) in [5, 5.41) is 3.14. The molecule has 0 aromatic heterocycles. The second-order valence-electron chi connectivity index (χ2n) is 3.54. The molecule has 0 aliphatic heterocycles. The number of hydrogen-bond acceptors (Lipinski definition) is 1. The maximum atomic E-state index is 5.99. The quantitative estimate of drug-likeness (QED) is 0.531. The van der Waals surface area contributed by atoms with Crippen LogP contribution >= 0.6 is 11.6 Å². The SMILES string of the molecule is CC/C(=C\C/C=C\C(C)(C)Cl)NC. The van der Waals surface area contributed by atoms with Crippen LogP contribution in [0.1, 0.15) is 33.6 Å². The molecule has 0 rings (SSSR count). The normalized spacial score (nSPS) is 13.8. The van der Waals surface area contributed by atoms with Crippen molar-refractivity contribution in [3.05, 3.63) is 23.9 Å². The summed E-state index contributed by atoms with van der Waals surface area (Å²) in [4.78, 5) is -0.222. The molecule has 0 saturated carbocycles. The Bertz CT molecular complexity index is 181. The van der Waals surface area contributed by atoms with E-state index in [1.54, 1.807) is 0 Å². The molecule has 0 heterocycles. The maximum Gasteiger partial charge on any atom is 0.0569 e. The smallest absolute Gasteiger partial charge is 0.0569 e. The number of nitrogens with one attached hydrogen (secondary N) is 1. The van der Waals surface area contributed by atoms with Gasteiger partial charge in [0.2, 0.25) is 0 Å². The van der Waals surface area contributed by atoms with Crippen LogP contribution in [0.2, 0.25) is 0 Å². The van der Waals surface area contributed by atoms with Crippen molar-refractivity contribution in [1.29, 1.82) is 0 Å². The standard InChI is InChI=1S/C11H20ClN/c1-5-10(13-4)8-6-7-9-11(2,3)12/h7-9,13H,5-6H2,1-4H3/b9-7-,10-8+. The summed E-state index contributed by atoms with van der Waals surface area (Å²) < 4.78 is 0. The summed E-state index contributed by atoms with van der Waals surface area (Å²) in [5.74, 6) is 0. The second kappa shape index (κ2) is 6.09. The average Bonchev–Trinajstić information content (AvgIpc) is 2.03. The second-order valence-corrected chi connectivity index (χ2v) is 4.51. The Morgan fingerprint density at radius 1 is 1.46 bits per heavy atom. The van der Waals surface area contributed by atoms with Crippen molar-refractivity contribution in [2.24, 2.45) is 0 Å². The largest absolute Gasteiger partial charge is 0.392 e. The van der Waals surface area contributed by atoms with Gasteiger partial charge >= 0.3 is 0 Å². The van der Waals surface area contributed by atoms with Crippen molar-refractivity contribution >= 4 is 11.6 Å². The van der Waals surface area contributed by atoms with E-state index in [9.17, 15) is 0 Å². The lowest BCUT2D eigenvalue weighted by Gasteiger charge is -2.07. The van der Waals surface area contributed by atoms with E-state index in [0.29, 0.717) is 0 Å². The van der Waals surface area contributed by atoms with E-state index in [1.165, 1.54) is 5.70 Å². The molecule has 2 heteroatoms. The third kappa shape index (κ3) is 7.92. The van der Waals surface area contributed by atoms with Gasteiger partial charge in [0.1, 0.15) is 0 Å². The van der Waals surface area contributed by atoms with Gasteiger partial charge in [-0.05, 0) is 26.7 Å². The lowest BCUT2D eigenvalue weighted by atomic mass is 10.1. The first-order valence-electron chi connectivity index (χ1n) is 4.73. The molecule has 0 aliphatic rings. The third-order valence-corrected chi connectivity index (χ3v) is 1.84. The highest BCUT2D eigenvalue weighted by atomic mass is 35.5. The first-order valence-corrected chi connectivity index (χ1v) is 5.10. The Balaban J connectivity index is 3.90. The van der Waals surface area contributed by atoms with Gasteiger partial charge < -0.3 is 5.32 Å². The number of halogens is 1. The van der Waals surface area contributed by atoms with Gasteiger partial charge in [-0.15, -0.1) is 11.6 Å². The van der Waals surface area contributed by atoms with Crippen molar-refractivity contribution in [1.82, 2.24) is 5.32 Å². The fraction of sp³-hybridized carbons (Fsp3) is 0.636. The van der Waals surface area contributed by atoms with Crippen LogP contribution in [0.4, 0.5) is 0 Å². The molecule has 0 atom stereocenters. The molecule has 1 N–H and O–H groups in total. The van der Waals surface area contributed by atoms with Crippen LogP contribution < -0.4 is 5.32 Å². The summed E-state index contributed by atoms with van der Waals surface area (Å²) in [6.07, 6.45) is 8.29. The Hall–Kier alpha value is -0.430. The van der Waals surface area contributed by atoms with E-state index >= 15 is 0 Å². The van der Waals surface area contributed by atoms with E-state index < -0.39 is 0 Å². The predicted molar refractivity (Wildman–Crippen MR) is 61.1 cm³/mol. The van der Waals surface area contributed by atoms with E-state index in [1.807, 2.05) is 27.0 Å². The van der Waals surface area contributed by atoms with Gasteiger partial charge in [-0.3, -0.25) is 0 Å². The first kappa shape index (κ1) is 12.6. The maximum absolute atomic E-state index is 5.99. The van der Waals surface area contributed by atoms with Gasteiger partial charge in [-0.2, -0.15) is 0 Å². The summed E-state index contributed by atoms with van der Waals surface area (Å²) >= 11 is 5.99. The molecular weight excluding hydrogens is 182 g/mol. The Morgan fingerprint density at radius 3 is 2.46 bits per heavy atom. The summed E-state index contributed by atoms with van der Waals surface area (Å²) in [5.41, 5.74) is 1.28. The summed E-state index contributed by atoms with van der Waals surface area (Å²) in [6.45, 7) is 6.10. The van der Waals surface area contributed by atoms with Gasteiger partial charge in [-0.25, -0.2) is 0 Å². The number of alkyl halides is 1. The van der Waals surface area contributed by atoms with Crippen LogP contribution in [0.15, 0.2) is 23.9 Å². The molecule has 0 fully saturated rings. The van der Waals surface area contributed by atoms with Gasteiger partial charge in [0.15, 0.2) is 0 Å². The molecule has 0 amide bonds. The van der Waals surface area contributed by atoms with E-state index in [4.69, 9.17) is 11.6 Å². The zero-order valence-corrected chi connectivity index (χ0v) is 9.78. The van der Waals surface area contributed by atoms with E-state index in [0.717, 1.165) is 12.8 Å².